The Morgan fingerprint density at radius 3 is 2.68 bits per heavy atom. The van der Waals surface area contributed by atoms with E-state index in [9.17, 15) is 18.0 Å². The molecule has 1 aromatic heterocycles. The van der Waals surface area contributed by atoms with Crippen LogP contribution in [0, 0.1) is 0 Å². The van der Waals surface area contributed by atoms with Gasteiger partial charge in [-0.1, -0.05) is 12.1 Å². The molecule has 0 bridgehead atoms. The van der Waals surface area contributed by atoms with Gasteiger partial charge in [-0.15, -0.1) is 0 Å². The van der Waals surface area contributed by atoms with E-state index in [-0.39, 0.29) is 18.1 Å². The van der Waals surface area contributed by atoms with Crippen LogP contribution in [0.3, 0.4) is 0 Å². The minimum atomic E-state index is -4.45. The smallest absolute Gasteiger partial charge is 0.416 e. The van der Waals surface area contributed by atoms with Crippen molar-refractivity contribution in [2.75, 3.05) is 33.2 Å². The van der Waals surface area contributed by atoms with Gasteiger partial charge in [0.15, 0.2) is 0 Å². The number of hydrogen-bond acceptors (Lipinski definition) is 6. The van der Waals surface area contributed by atoms with Gasteiger partial charge in [0, 0.05) is 44.6 Å². The number of amides is 1. The van der Waals surface area contributed by atoms with E-state index in [2.05, 4.69) is 20.2 Å². The minimum absolute atomic E-state index is 0.0373. The van der Waals surface area contributed by atoms with Crippen LogP contribution in [0.15, 0.2) is 36.7 Å². The summed E-state index contributed by atoms with van der Waals surface area (Å²) in [6.07, 6.45) is 2.09. The SMILES string of the molecule is CN[C@@H](C(=O)N1CCN2C[C@H](Oc3cnc(C4CC4)cn3)C[C@H]2C1)c1cccc(C(F)(F)F)c1. The molecule has 34 heavy (non-hydrogen) atoms. The average molecular weight is 476 g/mol. The number of aromatic nitrogens is 2. The van der Waals surface area contributed by atoms with Gasteiger partial charge in [-0.3, -0.25) is 14.7 Å². The fourth-order valence-corrected chi connectivity index (χ4v) is 4.94. The van der Waals surface area contributed by atoms with E-state index in [1.807, 2.05) is 0 Å². The van der Waals surface area contributed by atoms with E-state index in [1.54, 1.807) is 30.4 Å². The molecule has 0 radical (unpaired) electrons. The fourth-order valence-electron chi connectivity index (χ4n) is 4.94. The summed E-state index contributed by atoms with van der Waals surface area (Å²) in [6.45, 7) is 2.49. The van der Waals surface area contributed by atoms with Crippen LogP contribution in [-0.2, 0) is 11.0 Å². The van der Waals surface area contributed by atoms with Crippen molar-refractivity contribution < 1.29 is 22.7 Å². The van der Waals surface area contributed by atoms with E-state index in [1.165, 1.54) is 18.9 Å². The number of fused-ring (bicyclic) bond motifs is 1. The number of hydrogen-bond donors (Lipinski definition) is 1. The summed E-state index contributed by atoms with van der Waals surface area (Å²) < 4.78 is 45.5. The molecule has 182 valence electrons. The van der Waals surface area contributed by atoms with Crippen LogP contribution in [0.4, 0.5) is 13.2 Å². The van der Waals surface area contributed by atoms with Crippen molar-refractivity contribution >= 4 is 5.91 Å². The van der Waals surface area contributed by atoms with Gasteiger partial charge in [-0.05, 0) is 37.6 Å². The number of likely N-dealkylation sites (N-methyl/N-ethyl adjacent to an activating group) is 1. The molecule has 1 saturated carbocycles. The molecular weight excluding hydrogens is 447 g/mol. The maximum Gasteiger partial charge on any atom is 0.416 e. The topological polar surface area (TPSA) is 70.6 Å². The van der Waals surface area contributed by atoms with Crippen molar-refractivity contribution in [3.63, 3.8) is 0 Å². The summed E-state index contributed by atoms with van der Waals surface area (Å²) in [6, 6.07) is 4.27. The van der Waals surface area contributed by atoms with Crippen molar-refractivity contribution in [1.82, 2.24) is 25.1 Å². The molecule has 0 unspecified atom stereocenters. The van der Waals surface area contributed by atoms with Gasteiger partial charge in [0.1, 0.15) is 12.1 Å². The van der Waals surface area contributed by atoms with E-state index in [0.29, 0.717) is 37.0 Å². The average Bonchev–Trinajstić information content (AvgIpc) is 3.59. The molecule has 10 heteroatoms. The highest BCUT2D eigenvalue weighted by Gasteiger charge is 2.40. The standard InChI is InChI=1S/C24H28F3N5O2/c1-28-22(16-3-2-4-17(9-16)24(25,26)27)23(33)32-8-7-31-14-19(10-18(31)13-32)34-21-12-29-20(11-30-21)15-5-6-15/h2-4,9,11-12,15,18-19,22,28H,5-8,10,13-14H2,1H3/t18-,19+,22+/m0/s1. The third-order valence-electron chi connectivity index (χ3n) is 6.90. The maximum atomic E-state index is 13.3. The van der Waals surface area contributed by atoms with Gasteiger partial charge in [0.2, 0.25) is 11.8 Å². The van der Waals surface area contributed by atoms with Crippen LogP contribution in [0.1, 0.15) is 48.0 Å². The summed E-state index contributed by atoms with van der Waals surface area (Å²) in [5.74, 6) is 0.845. The number of piperazine rings is 1. The lowest BCUT2D eigenvalue weighted by atomic mass is 10.0. The first-order chi connectivity index (χ1) is 16.3. The van der Waals surface area contributed by atoms with Crippen LogP contribution < -0.4 is 10.1 Å². The highest BCUT2D eigenvalue weighted by atomic mass is 19.4. The summed E-state index contributed by atoms with van der Waals surface area (Å²) in [5.41, 5.74) is 0.572. The van der Waals surface area contributed by atoms with Crippen molar-refractivity contribution in [2.45, 2.75) is 49.5 Å². The van der Waals surface area contributed by atoms with Crippen molar-refractivity contribution in [1.29, 1.82) is 0 Å². The quantitative estimate of drug-likeness (QED) is 0.693. The number of ether oxygens (including phenoxy) is 1. The Kier molecular flexibility index (Phi) is 6.20. The highest BCUT2D eigenvalue weighted by Crippen LogP contribution is 2.38. The van der Waals surface area contributed by atoms with Crippen LogP contribution in [-0.4, -0.2) is 71.0 Å². The highest BCUT2D eigenvalue weighted by molar-refractivity contribution is 5.83. The lowest BCUT2D eigenvalue weighted by Gasteiger charge is -2.38. The van der Waals surface area contributed by atoms with E-state index in [0.717, 1.165) is 30.8 Å². The molecule has 2 aromatic rings. The molecule has 3 aliphatic rings. The number of alkyl halides is 3. The van der Waals surface area contributed by atoms with E-state index < -0.39 is 17.8 Å². The third-order valence-corrected chi connectivity index (χ3v) is 6.90. The first-order valence-corrected chi connectivity index (χ1v) is 11.7. The van der Waals surface area contributed by atoms with Gasteiger partial charge in [-0.25, -0.2) is 4.98 Å². The number of rotatable bonds is 6. The van der Waals surface area contributed by atoms with Crippen molar-refractivity contribution in [3.05, 3.63) is 53.5 Å². The fraction of sp³-hybridized carbons (Fsp3) is 0.542. The third kappa shape index (κ3) is 4.88. The number of carbonyl (C=O) groups excluding carboxylic acids is 1. The van der Waals surface area contributed by atoms with Gasteiger partial charge in [0.05, 0.1) is 23.7 Å². The van der Waals surface area contributed by atoms with E-state index in [4.69, 9.17) is 4.74 Å². The number of nitrogens with one attached hydrogen (secondary N) is 1. The number of nitrogens with zero attached hydrogens (tertiary/aromatic N) is 4. The zero-order valence-electron chi connectivity index (χ0n) is 19.0. The van der Waals surface area contributed by atoms with Gasteiger partial charge in [-0.2, -0.15) is 13.2 Å². The van der Waals surface area contributed by atoms with Crippen LogP contribution in [0.5, 0.6) is 5.88 Å². The molecule has 7 nitrogen and oxygen atoms in total. The largest absolute Gasteiger partial charge is 0.472 e. The molecule has 1 aliphatic carbocycles. The minimum Gasteiger partial charge on any atom is -0.472 e. The molecular formula is C24H28F3N5O2. The van der Waals surface area contributed by atoms with Gasteiger partial charge >= 0.3 is 6.18 Å². The Labute approximate surface area is 196 Å². The van der Waals surface area contributed by atoms with E-state index >= 15 is 0 Å². The summed E-state index contributed by atoms with van der Waals surface area (Å²) in [5, 5.41) is 2.90. The Morgan fingerprint density at radius 1 is 1.18 bits per heavy atom. The molecule has 2 aliphatic heterocycles. The molecule has 2 saturated heterocycles. The monoisotopic (exact) mass is 475 g/mol. The van der Waals surface area contributed by atoms with Crippen LogP contribution >= 0.6 is 0 Å². The lowest BCUT2D eigenvalue weighted by Crippen LogP contribution is -2.54. The van der Waals surface area contributed by atoms with Gasteiger partial charge in [0.25, 0.3) is 0 Å². The number of carbonyl (C=O) groups is 1. The van der Waals surface area contributed by atoms with Crippen LogP contribution in [0.25, 0.3) is 0 Å². The molecule has 1 N–H and O–H groups in total. The molecule has 3 atom stereocenters. The predicted molar refractivity (Wildman–Crippen MR) is 118 cm³/mol. The molecule has 5 rings (SSSR count). The molecule has 1 aromatic carbocycles. The predicted octanol–water partition coefficient (Wildman–Crippen LogP) is 3.00. The summed E-state index contributed by atoms with van der Waals surface area (Å²) >= 11 is 0. The molecule has 3 heterocycles. The first kappa shape index (κ1) is 23.0. The second-order valence-corrected chi connectivity index (χ2v) is 9.31. The van der Waals surface area contributed by atoms with Crippen molar-refractivity contribution in [3.8, 4) is 5.88 Å². The Hall–Kier alpha value is -2.72. The second-order valence-electron chi connectivity index (χ2n) is 9.31. The maximum absolute atomic E-state index is 13.3. The zero-order valence-corrected chi connectivity index (χ0v) is 19.0. The van der Waals surface area contributed by atoms with Gasteiger partial charge < -0.3 is 15.0 Å². The Bertz CT molecular complexity index is 1030. The number of halogens is 3. The Balaban J connectivity index is 1.21. The zero-order chi connectivity index (χ0) is 23.9. The normalized spacial score (nSPS) is 24.1. The Morgan fingerprint density at radius 2 is 2.00 bits per heavy atom. The van der Waals surface area contributed by atoms with Crippen LogP contribution in [0.2, 0.25) is 0 Å². The lowest BCUT2D eigenvalue weighted by molar-refractivity contribution is -0.138. The first-order valence-electron chi connectivity index (χ1n) is 11.7. The summed E-state index contributed by atoms with van der Waals surface area (Å²) in [7, 11) is 1.59. The van der Waals surface area contributed by atoms with Crippen molar-refractivity contribution in [2.24, 2.45) is 0 Å². The molecule has 0 spiro atoms. The summed E-state index contributed by atoms with van der Waals surface area (Å²) in [4.78, 5) is 26.2. The number of benzene rings is 1. The molecule has 3 fully saturated rings. The molecule has 1 amide bonds. The second kappa shape index (κ2) is 9.14.